The van der Waals surface area contributed by atoms with E-state index >= 15 is 0 Å². The van der Waals surface area contributed by atoms with Crippen LogP contribution < -0.4 is 4.90 Å². The van der Waals surface area contributed by atoms with Crippen LogP contribution in [0.3, 0.4) is 0 Å². The van der Waals surface area contributed by atoms with Gasteiger partial charge in [-0.2, -0.15) is 0 Å². The van der Waals surface area contributed by atoms with Gasteiger partial charge in [0.1, 0.15) is 5.82 Å². The summed E-state index contributed by atoms with van der Waals surface area (Å²) in [7, 11) is 0. The largest absolute Gasteiger partial charge is 0.449 e. The highest BCUT2D eigenvalue weighted by Gasteiger charge is 2.27. The molecule has 1 unspecified atom stereocenters. The minimum atomic E-state index is -1.00. The Balaban J connectivity index is 1.36. The molecule has 1 amide bonds. The molecule has 0 bridgehead atoms. The number of nitrogens with one attached hydrogen (secondary N) is 1. The van der Waals surface area contributed by atoms with Crippen molar-refractivity contribution in [2.45, 2.75) is 20.0 Å². The van der Waals surface area contributed by atoms with Crippen molar-refractivity contribution in [3.63, 3.8) is 0 Å². The van der Waals surface area contributed by atoms with Crippen molar-refractivity contribution >= 4 is 34.3 Å². The molecule has 1 aromatic heterocycles. The summed E-state index contributed by atoms with van der Waals surface area (Å²) in [6, 6.07) is 31.8. The number of fused-ring (bicyclic) bond motifs is 1. The first-order valence-electron chi connectivity index (χ1n) is 11.7. The van der Waals surface area contributed by atoms with Crippen molar-refractivity contribution in [3.8, 4) is 11.4 Å². The number of hydrogen-bond donors (Lipinski definition) is 1. The molecule has 0 saturated carbocycles. The number of para-hydroxylation sites is 2. The second-order valence-electron chi connectivity index (χ2n) is 8.58. The highest BCUT2D eigenvalue weighted by molar-refractivity contribution is 6.04. The molecule has 0 aliphatic heterocycles. The van der Waals surface area contributed by atoms with E-state index in [4.69, 9.17) is 4.74 Å². The topological polar surface area (TPSA) is 75.3 Å². The lowest BCUT2D eigenvalue weighted by Gasteiger charge is -2.26. The van der Waals surface area contributed by atoms with Gasteiger partial charge in [0.05, 0.1) is 16.6 Å². The number of H-pyrrole nitrogens is 1. The molecule has 0 spiro atoms. The van der Waals surface area contributed by atoms with Crippen LogP contribution in [0.25, 0.3) is 22.4 Å². The van der Waals surface area contributed by atoms with Gasteiger partial charge in [0.15, 0.2) is 6.10 Å². The summed E-state index contributed by atoms with van der Waals surface area (Å²) in [6.07, 6.45) is -1.00. The average molecular weight is 476 g/mol. The van der Waals surface area contributed by atoms with E-state index in [-0.39, 0.29) is 5.91 Å². The number of hydrogen-bond acceptors (Lipinski definition) is 4. The molecule has 0 fully saturated rings. The van der Waals surface area contributed by atoms with Gasteiger partial charge in [0.2, 0.25) is 0 Å². The Kier molecular flexibility index (Phi) is 6.33. The Hall–Kier alpha value is -4.71. The number of esters is 1. The van der Waals surface area contributed by atoms with E-state index in [0.29, 0.717) is 22.5 Å². The van der Waals surface area contributed by atoms with E-state index in [2.05, 4.69) is 9.97 Å². The Morgan fingerprint density at radius 3 is 2.06 bits per heavy atom. The third kappa shape index (κ3) is 4.74. The number of anilines is 2. The summed E-state index contributed by atoms with van der Waals surface area (Å²) in [5.74, 6) is -0.198. The standard InChI is InChI=1S/C30H25N3O3/c1-20-13-15-22(16-14-20)28-31-26-18-17-23(19-27(26)32-28)30(35)36-21(2)29(34)33(24-9-5-3-6-10-24)25-11-7-4-8-12-25/h3-19,21H,1-2H3,(H,31,32). The van der Waals surface area contributed by atoms with Crippen molar-refractivity contribution in [3.05, 3.63) is 114 Å². The molecular weight excluding hydrogens is 450 g/mol. The maximum Gasteiger partial charge on any atom is 0.338 e. The molecule has 36 heavy (non-hydrogen) atoms. The Morgan fingerprint density at radius 2 is 1.44 bits per heavy atom. The number of imidazole rings is 1. The first-order chi connectivity index (χ1) is 17.5. The smallest absolute Gasteiger partial charge is 0.338 e. The fourth-order valence-electron chi connectivity index (χ4n) is 4.00. The summed E-state index contributed by atoms with van der Waals surface area (Å²) in [4.78, 5) is 35.9. The van der Waals surface area contributed by atoms with Gasteiger partial charge in [-0.15, -0.1) is 0 Å². The monoisotopic (exact) mass is 475 g/mol. The molecule has 4 aromatic carbocycles. The fourth-order valence-corrected chi connectivity index (χ4v) is 4.00. The number of rotatable bonds is 6. The molecule has 0 aliphatic rings. The second kappa shape index (κ2) is 9.88. The average Bonchev–Trinajstić information content (AvgIpc) is 3.34. The number of aryl methyl sites for hydroxylation is 1. The fraction of sp³-hybridized carbons (Fsp3) is 0.100. The molecule has 1 heterocycles. The van der Waals surface area contributed by atoms with E-state index in [0.717, 1.165) is 16.9 Å². The zero-order chi connectivity index (χ0) is 25.1. The van der Waals surface area contributed by atoms with Crippen LogP contribution >= 0.6 is 0 Å². The quantitative estimate of drug-likeness (QED) is 0.287. The molecule has 5 rings (SSSR count). The van der Waals surface area contributed by atoms with Crippen molar-refractivity contribution in [2.75, 3.05) is 4.90 Å². The van der Waals surface area contributed by atoms with Gasteiger partial charge in [0, 0.05) is 16.9 Å². The van der Waals surface area contributed by atoms with E-state index in [9.17, 15) is 9.59 Å². The number of nitrogens with zero attached hydrogens (tertiary/aromatic N) is 2. The minimum absolute atomic E-state index is 0.340. The van der Waals surface area contributed by atoms with Crippen LogP contribution in [0.15, 0.2) is 103 Å². The number of benzene rings is 4. The third-order valence-electron chi connectivity index (χ3n) is 5.92. The summed E-state index contributed by atoms with van der Waals surface area (Å²) in [6.45, 7) is 3.62. The normalized spacial score (nSPS) is 11.7. The lowest BCUT2D eigenvalue weighted by molar-refractivity contribution is -0.125. The van der Waals surface area contributed by atoms with Gasteiger partial charge in [-0.25, -0.2) is 9.78 Å². The molecule has 6 heteroatoms. The van der Waals surface area contributed by atoms with Crippen molar-refractivity contribution < 1.29 is 14.3 Å². The number of aromatic nitrogens is 2. The second-order valence-corrected chi connectivity index (χ2v) is 8.58. The van der Waals surface area contributed by atoms with Gasteiger partial charge < -0.3 is 9.72 Å². The number of carbonyl (C=O) groups is 2. The van der Waals surface area contributed by atoms with Gasteiger partial charge >= 0.3 is 5.97 Å². The zero-order valence-electron chi connectivity index (χ0n) is 20.0. The predicted molar refractivity (Wildman–Crippen MR) is 141 cm³/mol. The SMILES string of the molecule is Cc1ccc(-c2nc3ccc(C(=O)OC(C)C(=O)N(c4ccccc4)c4ccccc4)cc3[nH]2)cc1. The van der Waals surface area contributed by atoms with Crippen LogP contribution in [0.5, 0.6) is 0 Å². The van der Waals surface area contributed by atoms with Gasteiger partial charge in [0.25, 0.3) is 5.91 Å². The Bertz CT molecular complexity index is 1470. The molecule has 0 radical (unpaired) electrons. The molecule has 0 saturated heterocycles. The van der Waals surface area contributed by atoms with Crippen LogP contribution in [0.1, 0.15) is 22.8 Å². The van der Waals surface area contributed by atoms with E-state index < -0.39 is 12.1 Å². The maximum atomic E-state index is 13.4. The lowest BCUT2D eigenvalue weighted by Crippen LogP contribution is -2.37. The van der Waals surface area contributed by atoms with E-state index in [1.165, 1.54) is 5.56 Å². The Morgan fingerprint density at radius 1 is 0.833 bits per heavy atom. The molecule has 1 atom stereocenters. The van der Waals surface area contributed by atoms with Crippen LogP contribution in [0.4, 0.5) is 11.4 Å². The predicted octanol–water partition coefficient (Wildman–Crippen LogP) is 6.45. The number of ether oxygens (including phenoxy) is 1. The van der Waals surface area contributed by atoms with Gasteiger partial charge in [-0.3, -0.25) is 9.69 Å². The summed E-state index contributed by atoms with van der Waals surface area (Å²) in [5, 5.41) is 0. The Labute approximate surface area is 209 Å². The molecule has 5 aromatic rings. The highest BCUT2D eigenvalue weighted by atomic mass is 16.5. The zero-order valence-corrected chi connectivity index (χ0v) is 20.0. The van der Waals surface area contributed by atoms with E-state index in [1.807, 2.05) is 91.9 Å². The van der Waals surface area contributed by atoms with Crippen molar-refractivity contribution in [1.29, 1.82) is 0 Å². The number of amides is 1. The number of carbonyl (C=O) groups excluding carboxylic acids is 2. The van der Waals surface area contributed by atoms with Gasteiger partial charge in [-0.05, 0) is 56.3 Å². The third-order valence-corrected chi connectivity index (χ3v) is 5.92. The lowest BCUT2D eigenvalue weighted by atomic mass is 10.1. The van der Waals surface area contributed by atoms with Crippen molar-refractivity contribution in [1.82, 2.24) is 9.97 Å². The summed E-state index contributed by atoms with van der Waals surface area (Å²) in [5.41, 5.74) is 5.31. The van der Waals surface area contributed by atoms with Crippen LogP contribution in [-0.4, -0.2) is 27.9 Å². The summed E-state index contributed by atoms with van der Waals surface area (Å²) < 4.78 is 5.61. The maximum absolute atomic E-state index is 13.4. The van der Waals surface area contributed by atoms with Gasteiger partial charge in [-0.1, -0.05) is 66.2 Å². The molecule has 1 N–H and O–H groups in total. The first-order valence-corrected chi connectivity index (χ1v) is 11.7. The molecule has 0 aliphatic carbocycles. The van der Waals surface area contributed by atoms with Crippen LogP contribution in [0.2, 0.25) is 0 Å². The first kappa shape index (κ1) is 23.1. The molecule has 178 valence electrons. The van der Waals surface area contributed by atoms with Crippen LogP contribution in [0, 0.1) is 6.92 Å². The summed E-state index contributed by atoms with van der Waals surface area (Å²) >= 11 is 0. The van der Waals surface area contributed by atoms with Crippen molar-refractivity contribution in [2.24, 2.45) is 0 Å². The minimum Gasteiger partial charge on any atom is -0.449 e. The number of aromatic amines is 1. The van der Waals surface area contributed by atoms with E-state index in [1.54, 1.807) is 30.0 Å². The highest BCUT2D eigenvalue weighted by Crippen LogP contribution is 2.27. The van der Waals surface area contributed by atoms with Crippen LogP contribution in [-0.2, 0) is 9.53 Å². The molecular formula is C30H25N3O3. The molecule has 6 nitrogen and oxygen atoms in total.